The number of aliphatic hydroxyl groups excluding tert-OH is 1. The number of carbonyl (C=O) groups is 1. The number of halogens is 1. The van der Waals surface area contributed by atoms with E-state index in [-0.39, 0.29) is 25.5 Å². The van der Waals surface area contributed by atoms with Crippen molar-refractivity contribution in [2.45, 2.75) is 31.0 Å². The average molecular weight is 596 g/mol. The predicted octanol–water partition coefficient (Wildman–Crippen LogP) is 6.86. The molecule has 1 heterocycles. The van der Waals surface area contributed by atoms with Crippen molar-refractivity contribution < 1.29 is 19.4 Å². The second kappa shape index (κ2) is 13.9. The number of aliphatic hydroxyl groups is 1. The number of ether oxygens (including phenoxy) is 2. The second-order valence-electron chi connectivity index (χ2n) is 10.0. The number of carbonyl (C=O) groups excluding carboxylic acids is 1. The molecule has 1 amide bonds. The highest BCUT2D eigenvalue weighted by Crippen LogP contribution is 2.43. The van der Waals surface area contributed by atoms with Gasteiger partial charge < -0.3 is 19.9 Å². The smallest absolute Gasteiger partial charge is 0.252 e. The van der Waals surface area contributed by atoms with Crippen LogP contribution in [0, 0.1) is 0 Å². The Hall–Kier alpha value is -4.82. The molecule has 2 atom stereocenters. The van der Waals surface area contributed by atoms with E-state index in [9.17, 15) is 10.3 Å². The first-order valence-corrected chi connectivity index (χ1v) is 14.2. The van der Waals surface area contributed by atoms with Crippen LogP contribution in [-0.2, 0) is 22.5 Å². The Balaban J connectivity index is 1.58. The van der Waals surface area contributed by atoms with Crippen LogP contribution in [0.25, 0.3) is 10.4 Å². The molecular weight excluding hydrogens is 566 g/mol. The van der Waals surface area contributed by atoms with Crippen molar-refractivity contribution >= 4 is 29.1 Å². The predicted molar refractivity (Wildman–Crippen MR) is 165 cm³/mol. The monoisotopic (exact) mass is 595 g/mol. The molecule has 0 radical (unpaired) electrons. The van der Waals surface area contributed by atoms with Gasteiger partial charge in [0.25, 0.3) is 5.91 Å². The quantitative estimate of drug-likeness (QED) is 0.0802. The number of benzene rings is 4. The Kier molecular flexibility index (Phi) is 9.59. The highest BCUT2D eigenvalue weighted by atomic mass is 35.5. The number of rotatable bonds is 12. The summed E-state index contributed by atoms with van der Waals surface area (Å²) in [5.41, 5.74) is 11.1. The van der Waals surface area contributed by atoms with Crippen molar-refractivity contribution in [2.75, 3.05) is 13.2 Å². The van der Waals surface area contributed by atoms with Crippen LogP contribution >= 0.6 is 11.6 Å². The van der Waals surface area contributed by atoms with Gasteiger partial charge in [-0.15, -0.1) is 0 Å². The highest BCUT2D eigenvalue weighted by molar-refractivity contribution is 6.30. The SMILES string of the molecule is [N-]=[N+]=Nc1ccccc1C[C@@]1(C(=O)NCc2cccc(Cl)c2)N=C(c2ccc(OCCCO)cc2)O[C@@H]1c1ccccc1. The van der Waals surface area contributed by atoms with Gasteiger partial charge in [-0.3, -0.25) is 4.79 Å². The lowest BCUT2D eigenvalue weighted by Gasteiger charge is -2.31. The van der Waals surface area contributed by atoms with Gasteiger partial charge in [0, 0.05) is 47.2 Å². The molecule has 10 heteroatoms. The molecule has 2 N–H and O–H groups in total. The van der Waals surface area contributed by atoms with Crippen molar-refractivity contribution in [1.29, 1.82) is 0 Å². The van der Waals surface area contributed by atoms with Crippen LogP contribution in [-0.4, -0.2) is 35.7 Å². The van der Waals surface area contributed by atoms with Crippen LogP contribution < -0.4 is 10.1 Å². The molecule has 1 aliphatic rings. The molecule has 0 saturated heterocycles. The zero-order valence-electron chi connectivity index (χ0n) is 23.3. The molecule has 43 heavy (non-hydrogen) atoms. The zero-order chi connectivity index (χ0) is 30.1. The molecule has 0 fully saturated rings. The van der Waals surface area contributed by atoms with Crippen LogP contribution in [0.5, 0.6) is 5.75 Å². The van der Waals surface area contributed by atoms with E-state index < -0.39 is 11.6 Å². The third-order valence-corrected chi connectivity index (χ3v) is 7.31. The van der Waals surface area contributed by atoms with Crippen LogP contribution in [0.3, 0.4) is 0 Å². The highest BCUT2D eigenvalue weighted by Gasteiger charge is 2.53. The molecule has 4 aromatic carbocycles. The van der Waals surface area contributed by atoms with E-state index >= 15 is 0 Å². The maximum Gasteiger partial charge on any atom is 0.252 e. The third kappa shape index (κ3) is 6.98. The number of nitrogens with one attached hydrogen (secondary N) is 1. The van der Waals surface area contributed by atoms with Crippen LogP contribution in [0.4, 0.5) is 5.69 Å². The molecular formula is C33H30ClN5O4. The Bertz CT molecular complexity index is 1640. The van der Waals surface area contributed by atoms with Crippen molar-refractivity contribution in [3.8, 4) is 5.75 Å². The van der Waals surface area contributed by atoms with Gasteiger partial charge in [0.1, 0.15) is 5.75 Å². The minimum absolute atomic E-state index is 0.0495. The van der Waals surface area contributed by atoms with E-state index in [1.165, 1.54) is 0 Å². The van der Waals surface area contributed by atoms with E-state index in [4.69, 9.17) is 31.2 Å². The molecule has 9 nitrogen and oxygen atoms in total. The van der Waals surface area contributed by atoms with Crippen LogP contribution in [0.15, 0.2) is 113 Å². The zero-order valence-corrected chi connectivity index (χ0v) is 24.0. The summed E-state index contributed by atoms with van der Waals surface area (Å²) in [6.07, 6.45) is -0.155. The molecule has 0 spiro atoms. The molecule has 0 bridgehead atoms. The van der Waals surface area contributed by atoms with Crippen molar-refractivity contribution in [3.05, 3.63) is 141 Å². The summed E-state index contributed by atoms with van der Waals surface area (Å²) in [6, 6.07) is 31.1. The summed E-state index contributed by atoms with van der Waals surface area (Å²) >= 11 is 6.19. The van der Waals surface area contributed by atoms with E-state index in [1.807, 2.05) is 66.7 Å². The summed E-state index contributed by atoms with van der Waals surface area (Å²) in [7, 11) is 0. The summed E-state index contributed by atoms with van der Waals surface area (Å²) in [5, 5.41) is 16.5. The first-order valence-electron chi connectivity index (χ1n) is 13.8. The lowest BCUT2D eigenvalue weighted by molar-refractivity contribution is -0.129. The molecule has 5 rings (SSSR count). The van der Waals surface area contributed by atoms with Crippen molar-refractivity contribution in [2.24, 2.45) is 10.1 Å². The molecule has 0 unspecified atom stereocenters. The van der Waals surface area contributed by atoms with Gasteiger partial charge in [0.2, 0.25) is 5.90 Å². The summed E-state index contributed by atoms with van der Waals surface area (Å²) in [6.45, 7) is 0.670. The van der Waals surface area contributed by atoms with Crippen LogP contribution in [0.2, 0.25) is 5.02 Å². The Morgan fingerprint density at radius 2 is 1.81 bits per heavy atom. The maximum absolute atomic E-state index is 14.4. The lowest BCUT2D eigenvalue weighted by atomic mass is 9.81. The molecule has 1 aliphatic heterocycles. The number of hydrogen-bond donors (Lipinski definition) is 2. The normalized spacial score (nSPS) is 17.3. The number of nitrogens with zero attached hydrogens (tertiary/aromatic N) is 4. The fraction of sp³-hybridized carbons (Fsp3) is 0.212. The van der Waals surface area contributed by atoms with Crippen molar-refractivity contribution in [3.63, 3.8) is 0 Å². The Labute approximate surface area is 254 Å². The first-order chi connectivity index (χ1) is 21.0. The van der Waals surface area contributed by atoms with E-state index in [2.05, 4.69) is 15.3 Å². The lowest BCUT2D eigenvalue weighted by Crippen LogP contribution is -2.49. The van der Waals surface area contributed by atoms with E-state index in [0.29, 0.717) is 46.5 Å². The topological polar surface area (TPSA) is 129 Å². The summed E-state index contributed by atoms with van der Waals surface area (Å²) in [5.74, 6) is 0.593. The summed E-state index contributed by atoms with van der Waals surface area (Å²) in [4.78, 5) is 22.4. The van der Waals surface area contributed by atoms with Gasteiger partial charge in [-0.2, -0.15) is 0 Å². The average Bonchev–Trinajstić information content (AvgIpc) is 3.42. The van der Waals surface area contributed by atoms with E-state index in [0.717, 1.165) is 11.1 Å². The molecule has 4 aromatic rings. The molecule has 0 saturated carbocycles. The largest absolute Gasteiger partial charge is 0.494 e. The van der Waals surface area contributed by atoms with Gasteiger partial charge >= 0.3 is 0 Å². The Morgan fingerprint density at radius 3 is 2.56 bits per heavy atom. The Morgan fingerprint density at radius 1 is 1.05 bits per heavy atom. The fourth-order valence-electron chi connectivity index (χ4n) is 4.99. The van der Waals surface area contributed by atoms with Crippen LogP contribution in [0.1, 0.15) is 34.8 Å². The minimum Gasteiger partial charge on any atom is -0.494 e. The third-order valence-electron chi connectivity index (χ3n) is 7.08. The minimum atomic E-state index is -1.45. The number of aliphatic imine (C=N–C) groups is 1. The van der Waals surface area contributed by atoms with Gasteiger partial charge in [-0.25, -0.2) is 4.99 Å². The van der Waals surface area contributed by atoms with Gasteiger partial charge in [-0.05, 0) is 58.6 Å². The maximum atomic E-state index is 14.4. The van der Waals surface area contributed by atoms with Gasteiger partial charge in [0.15, 0.2) is 11.6 Å². The number of hydrogen-bond acceptors (Lipinski definition) is 6. The second-order valence-corrected chi connectivity index (χ2v) is 10.4. The first kappa shape index (κ1) is 29.7. The standard InChI is InChI=1S/C33H30ClN5O4/c34-27-12-6-8-23(20-27)22-36-32(41)33(21-26-11-4-5-13-29(26)38-39-35)30(24-9-2-1-3-10-24)43-31(37-33)25-14-16-28(17-15-25)42-19-7-18-40/h1-6,8-17,20,30,40H,7,18-19,21-22H2,(H,36,41)/t30-,33-/m1/s1. The fourth-order valence-corrected chi connectivity index (χ4v) is 5.20. The number of amides is 1. The van der Waals surface area contributed by atoms with E-state index in [1.54, 1.807) is 36.4 Å². The van der Waals surface area contributed by atoms with Crippen molar-refractivity contribution in [1.82, 2.24) is 5.32 Å². The van der Waals surface area contributed by atoms with Gasteiger partial charge in [0.05, 0.1) is 6.61 Å². The molecule has 0 aromatic heterocycles. The number of azide groups is 1. The molecule has 218 valence electrons. The summed E-state index contributed by atoms with van der Waals surface area (Å²) < 4.78 is 12.2. The molecule has 0 aliphatic carbocycles. The van der Waals surface area contributed by atoms with Gasteiger partial charge in [-0.1, -0.05) is 83.4 Å².